The van der Waals surface area contributed by atoms with E-state index in [2.05, 4.69) is 14.9 Å². The number of halogens is 3. The van der Waals surface area contributed by atoms with Crippen LogP contribution >= 0.6 is 0 Å². The second kappa shape index (κ2) is 10.4. The Balaban J connectivity index is 1.62. The standard InChI is InChI=1S/C23H24F3N3O2/c1-17-19(5-3-11-28-17)14-29(13-18-4-2-10-27-12-18)15-21(30)16-31-22-8-6-20(7-9-22)23(24,25)26/h2-12,21,30H,13-16H2,1H3. The number of hydrogen-bond donors (Lipinski definition) is 1. The largest absolute Gasteiger partial charge is 0.491 e. The zero-order valence-corrected chi connectivity index (χ0v) is 17.1. The van der Waals surface area contributed by atoms with Crippen LogP contribution in [0.3, 0.4) is 0 Å². The Kier molecular flexibility index (Phi) is 7.59. The minimum atomic E-state index is -4.39. The molecule has 1 N–H and O–H groups in total. The van der Waals surface area contributed by atoms with Crippen molar-refractivity contribution in [2.75, 3.05) is 13.2 Å². The summed E-state index contributed by atoms with van der Waals surface area (Å²) in [6.45, 7) is 3.35. The molecule has 1 unspecified atom stereocenters. The maximum Gasteiger partial charge on any atom is 0.416 e. The van der Waals surface area contributed by atoms with E-state index in [9.17, 15) is 18.3 Å². The molecule has 2 heterocycles. The average molecular weight is 431 g/mol. The lowest BCUT2D eigenvalue weighted by Gasteiger charge is -2.26. The van der Waals surface area contributed by atoms with Crippen LogP contribution in [0.5, 0.6) is 5.75 Å². The fourth-order valence-electron chi connectivity index (χ4n) is 3.14. The summed E-state index contributed by atoms with van der Waals surface area (Å²) in [6, 6.07) is 12.1. The van der Waals surface area contributed by atoms with Crippen molar-refractivity contribution in [2.45, 2.75) is 32.3 Å². The molecule has 1 aromatic carbocycles. The average Bonchev–Trinajstić information content (AvgIpc) is 2.74. The van der Waals surface area contributed by atoms with Gasteiger partial charge in [-0.2, -0.15) is 13.2 Å². The van der Waals surface area contributed by atoms with Crippen LogP contribution in [-0.2, 0) is 19.3 Å². The van der Waals surface area contributed by atoms with Crippen LogP contribution in [0.4, 0.5) is 13.2 Å². The van der Waals surface area contributed by atoms with Crippen LogP contribution in [0.25, 0.3) is 0 Å². The van der Waals surface area contributed by atoms with Gasteiger partial charge in [0.2, 0.25) is 0 Å². The van der Waals surface area contributed by atoms with Crippen LogP contribution < -0.4 is 4.74 Å². The van der Waals surface area contributed by atoms with Gasteiger partial charge in [0.05, 0.1) is 5.56 Å². The molecule has 0 aliphatic rings. The lowest BCUT2D eigenvalue weighted by molar-refractivity contribution is -0.137. The lowest BCUT2D eigenvalue weighted by atomic mass is 10.1. The zero-order valence-electron chi connectivity index (χ0n) is 17.1. The molecule has 5 nitrogen and oxygen atoms in total. The highest BCUT2D eigenvalue weighted by molar-refractivity contribution is 5.28. The first-order chi connectivity index (χ1) is 14.8. The second-order valence-corrected chi connectivity index (χ2v) is 7.27. The van der Waals surface area contributed by atoms with Gasteiger partial charge in [0, 0.05) is 43.9 Å². The van der Waals surface area contributed by atoms with Crippen molar-refractivity contribution in [3.05, 3.63) is 89.5 Å². The summed E-state index contributed by atoms with van der Waals surface area (Å²) in [5, 5.41) is 10.5. The van der Waals surface area contributed by atoms with Crippen molar-refractivity contribution in [3.8, 4) is 5.75 Å². The number of hydrogen-bond acceptors (Lipinski definition) is 5. The summed E-state index contributed by atoms with van der Waals surface area (Å²) in [6.07, 6.45) is -0.0252. The molecule has 0 saturated heterocycles. The van der Waals surface area contributed by atoms with E-state index in [-0.39, 0.29) is 12.4 Å². The molecule has 164 valence electrons. The molecule has 0 fully saturated rings. The predicted molar refractivity (Wildman–Crippen MR) is 110 cm³/mol. The molecule has 0 radical (unpaired) electrons. The Morgan fingerprint density at radius 1 is 1.03 bits per heavy atom. The molecule has 0 spiro atoms. The molecule has 0 saturated carbocycles. The van der Waals surface area contributed by atoms with Gasteiger partial charge in [-0.25, -0.2) is 0 Å². The smallest absolute Gasteiger partial charge is 0.416 e. The van der Waals surface area contributed by atoms with Crippen LogP contribution in [0.2, 0.25) is 0 Å². The second-order valence-electron chi connectivity index (χ2n) is 7.27. The predicted octanol–water partition coefficient (Wildman–Crippen LogP) is 4.25. The van der Waals surface area contributed by atoms with Gasteiger partial charge in [-0.15, -0.1) is 0 Å². The highest BCUT2D eigenvalue weighted by atomic mass is 19.4. The van der Waals surface area contributed by atoms with E-state index in [1.807, 2.05) is 31.2 Å². The Morgan fingerprint density at radius 2 is 1.77 bits per heavy atom. The van der Waals surface area contributed by atoms with Gasteiger partial charge in [0.15, 0.2) is 0 Å². The summed E-state index contributed by atoms with van der Waals surface area (Å²) >= 11 is 0. The third kappa shape index (κ3) is 7.04. The number of alkyl halides is 3. The van der Waals surface area contributed by atoms with Crippen molar-refractivity contribution >= 4 is 0 Å². The minimum absolute atomic E-state index is 0.0407. The molecule has 3 aromatic rings. The normalized spacial score (nSPS) is 12.7. The topological polar surface area (TPSA) is 58.5 Å². The van der Waals surface area contributed by atoms with Gasteiger partial charge in [-0.05, 0) is 54.4 Å². The molecule has 0 aliphatic heterocycles. The third-order valence-corrected chi connectivity index (χ3v) is 4.73. The number of ether oxygens (including phenoxy) is 1. The molecule has 8 heteroatoms. The molecule has 2 aromatic heterocycles. The lowest BCUT2D eigenvalue weighted by Crippen LogP contribution is -2.35. The zero-order chi connectivity index (χ0) is 22.3. The quantitative estimate of drug-likeness (QED) is 0.549. The Hall–Kier alpha value is -2.97. The molecule has 3 rings (SSSR count). The molecule has 0 bridgehead atoms. The Labute approximate surface area is 179 Å². The summed E-state index contributed by atoms with van der Waals surface area (Å²) in [5.74, 6) is 0.272. The number of aryl methyl sites for hydroxylation is 1. The number of aliphatic hydroxyl groups excluding tert-OH is 1. The van der Waals surface area contributed by atoms with Crippen LogP contribution in [-0.4, -0.2) is 39.2 Å². The first-order valence-corrected chi connectivity index (χ1v) is 9.81. The van der Waals surface area contributed by atoms with Crippen molar-refractivity contribution in [3.63, 3.8) is 0 Å². The fraction of sp³-hybridized carbons (Fsp3) is 0.304. The third-order valence-electron chi connectivity index (χ3n) is 4.73. The number of aliphatic hydroxyl groups is 1. The monoisotopic (exact) mass is 431 g/mol. The molecule has 0 aliphatic carbocycles. The highest BCUT2D eigenvalue weighted by Gasteiger charge is 2.30. The van der Waals surface area contributed by atoms with E-state index in [1.165, 1.54) is 12.1 Å². The summed E-state index contributed by atoms with van der Waals surface area (Å²) < 4.78 is 43.5. The van der Waals surface area contributed by atoms with E-state index in [4.69, 9.17) is 4.74 Å². The molecule has 31 heavy (non-hydrogen) atoms. The number of rotatable bonds is 9. The van der Waals surface area contributed by atoms with E-state index < -0.39 is 17.8 Å². The van der Waals surface area contributed by atoms with E-state index in [1.54, 1.807) is 18.6 Å². The van der Waals surface area contributed by atoms with Crippen molar-refractivity contribution < 1.29 is 23.0 Å². The van der Waals surface area contributed by atoms with Gasteiger partial charge in [-0.1, -0.05) is 12.1 Å². The molecular weight excluding hydrogens is 407 g/mol. The minimum Gasteiger partial charge on any atom is -0.491 e. The van der Waals surface area contributed by atoms with Crippen molar-refractivity contribution in [1.29, 1.82) is 0 Å². The maximum absolute atomic E-state index is 12.7. The summed E-state index contributed by atoms with van der Waals surface area (Å²) in [5.41, 5.74) is 2.21. The van der Waals surface area contributed by atoms with Gasteiger partial charge in [0.25, 0.3) is 0 Å². The van der Waals surface area contributed by atoms with Crippen molar-refractivity contribution in [2.24, 2.45) is 0 Å². The highest BCUT2D eigenvalue weighted by Crippen LogP contribution is 2.30. The number of nitrogens with zero attached hydrogens (tertiary/aromatic N) is 3. The van der Waals surface area contributed by atoms with Gasteiger partial charge < -0.3 is 9.84 Å². The van der Waals surface area contributed by atoms with Crippen molar-refractivity contribution in [1.82, 2.24) is 14.9 Å². The maximum atomic E-state index is 12.7. The summed E-state index contributed by atoms with van der Waals surface area (Å²) in [7, 11) is 0. The number of aromatic nitrogens is 2. The van der Waals surface area contributed by atoms with Gasteiger partial charge in [-0.3, -0.25) is 14.9 Å². The number of benzene rings is 1. The Morgan fingerprint density at radius 3 is 2.42 bits per heavy atom. The molecule has 1 atom stereocenters. The van der Waals surface area contributed by atoms with E-state index in [0.717, 1.165) is 29.0 Å². The van der Waals surface area contributed by atoms with Crippen LogP contribution in [0.1, 0.15) is 22.4 Å². The van der Waals surface area contributed by atoms with E-state index >= 15 is 0 Å². The molecular formula is C23H24F3N3O2. The fourth-order valence-corrected chi connectivity index (χ4v) is 3.14. The molecule has 0 amide bonds. The SMILES string of the molecule is Cc1ncccc1CN(Cc1cccnc1)CC(O)COc1ccc(C(F)(F)F)cc1. The van der Waals surface area contributed by atoms with Gasteiger partial charge >= 0.3 is 6.18 Å². The summed E-state index contributed by atoms with van der Waals surface area (Å²) in [4.78, 5) is 10.5. The first kappa shape index (κ1) is 22.7. The van der Waals surface area contributed by atoms with Gasteiger partial charge in [0.1, 0.15) is 18.5 Å². The Bertz CT molecular complexity index is 950. The number of pyridine rings is 2. The van der Waals surface area contributed by atoms with Crippen LogP contribution in [0.15, 0.2) is 67.1 Å². The first-order valence-electron chi connectivity index (χ1n) is 9.81. The van der Waals surface area contributed by atoms with Crippen LogP contribution in [0, 0.1) is 6.92 Å². The van der Waals surface area contributed by atoms with E-state index in [0.29, 0.717) is 19.6 Å².